The first kappa shape index (κ1) is 13.7. The second kappa shape index (κ2) is 5.30. The summed E-state index contributed by atoms with van der Waals surface area (Å²) in [5.74, 6) is 0. The molecule has 0 aliphatic heterocycles. The van der Waals surface area contributed by atoms with Crippen molar-refractivity contribution in [1.29, 1.82) is 5.26 Å². The Hall–Kier alpha value is -1.38. The van der Waals surface area contributed by atoms with Gasteiger partial charge in [0.1, 0.15) is 6.54 Å². The van der Waals surface area contributed by atoms with Crippen LogP contribution in [0.15, 0.2) is 23.1 Å². The van der Waals surface area contributed by atoms with E-state index >= 15 is 0 Å². The fourth-order valence-corrected chi connectivity index (χ4v) is 3.23. The third-order valence-corrected chi connectivity index (χ3v) is 4.63. The zero-order chi connectivity index (χ0) is 13.1. The number of sulfonamides is 1. The molecule has 5 heteroatoms. The number of aryl methyl sites for hydroxylation is 2. The van der Waals surface area contributed by atoms with E-state index in [2.05, 4.69) is 0 Å². The summed E-state index contributed by atoms with van der Waals surface area (Å²) in [6.07, 6.45) is 0. The molecule has 1 aromatic rings. The van der Waals surface area contributed by atoms with Gasteiger partial charge in [-0.05, 0) is 25.5 Å². The monoisotopic (exact) mass is 252 g/mol. The Morgan fingerprint density at radius 2 is 2.00 bits per heavy atom. The van der Waals surface area contributed by atoms with Crippen LogP contribution in [0, 0.1) is 25.2 Å². The molecule has 0 amide bonds. The van der Waals surface area contributed by atoms with E-state index in [9.17, 15) is 8.42 Å². The SMILES string of the molecule is CCN(CC#N)S(=O)(=O)c1ccc(C)cc1C. The molecule has 0 aliphatic carbocycles. The van der Waals surface area contributed by atoms with Crippen LogP contribution >= 0.6 is 0 Å². The lowest BCUT2D eigenvalue weighted by Gasteiger charge is -2.18. The van der Waals surface area contributed by atoms with E-state index < -0.39 is 10.0 Å². The molecule has 17 heavy (non-hydrogen) atoms. The first-order valence-electron chi connectivity index (χ1n) is 5.37. The van der Waals surface area contributed by atoms with Crippen molar-refractivity contribution in [3.8, 4) is 6.07 Å². The van der Waals surface area contributed by atoms with Gasteiger partial charge in [0.15, 0.2) is 0 Å². The third kappa shape index (κ3) is 2.84. The zero-order valence-corrected chi connectivity index (χ0v) is 11.1. The lowest BCUT2D eigenvalue weighted by molar-refractivity contribution is 0.462. The summed E-state index contributed by atoms with van der Waals surface area (Å²) >= 11 is 0. The predicted molar refractivity (Wildman–Crippen MR) is 66.0 cm³/mol. The molecule has 1 aromatic carbocycles. The molecule has 0 aromatic heterocycles. The number of hydrogen-bond acceptors (Lipinski definition) is 3. The van der Waals surface area contributed by atoms with E-state index in [-0.39, 0.29) is 11.4 Å². The quantitative estimate of drug-likeness (QED) is 0.768. The first-order valence-corrected chi connectivity index (χ1v) is 6.81. The molecule has 0 bridgehead atoms. The van der Waals surface area contributed by atoms with Crippen LogP contribution in [0.4, 0.5) is 0 Å². The van der Waals surface area contributed by atoms with Crippen molar-refractivity contribution in [2.75, 3.05) is 13.1 Å². The summed E-state index contributed by atoms with van der Waals surface area (Å²) in [7, 11) is -3.55. The molecule has 0 saturated heterocycles. The van der Waals surface area contributed by atoms with Crippen LogP contribution in [0.3, 0.4) is 0 Å². The van der Waals surface area contributed by atoms with E-state index in [1.165, 1.54) is 4.31 Å². The molecular formula is C12H16N2O2S. The molecule has 92 valence electrons. The van der Waals surface area contributed by atoms with E-state index in [4.69, 9.17) is 5.26 Å². The molecule has 0 N–H and O–H groups in total. The second-order valence-corrected chi connectivity index (χ2v) is 5.76. The van der Waals surface area contributed by atoms with E-state index in [0.717, 1.165) is 5.56 Å². The minimum Gasteiger partial charge on any atom is -0.207 e. The molecule has 0 fully saturated rings. The summed E-state index contributed by atoms with van der Waals surface area (Å²) < 4.78 is 25.7. The molecule has 0 spiro atoms. The van der Waals surface area contributed by atoms with E-state index in [0.29, 0.717) is 12.1 Å². The topological polar surface area (TPSA) is 61.2 Å². The molecule has 0 aliphatic rings. The highest BCUT2D eigenvalue weighted by molar-refractivity contribution is 7.89. The lowest BCUT2D eigenvalue weighted by Crippen LogP contribution is -2.31. The Morgan fingerprint density at radius 1 is 1.35 bits per heavy atom. The van der Waals surface area contributed by atoms with Crippen molar-refractivity contribution in [2.24, 2.45) is 0 Å². The fraction of sp³-hybridized carbons (Fsp3) is 0.417. The highest BCUT2D eigenvalue weighted by atomic mass is 32.2. The fourth-order valence-electron chi connectivity index (χ4n) is 1.67. The maximum absolute atomic E-state index is 12.3. The molecule has 0 heterocycles. The first-order chi connectivity index (χ1) is 7.93. The Morgan fingerprint density at radius 3 is 2.47 bits per heavy atom. The van der Waals surface area contributed by atoms with Crippen LogP contribution in [0.25, 0.3) is 0 Å². The average molecular weight is 252 g/mol. The normalized spacial score (nSPS) is 11.5. The largest absolute Gasteiger partial charge is 0.244 e. The van der Waals surface area contributed by atoms with Gasteiger partial charge in [0, 0.05) is 6.54 Å². The highest BCUT2D eigenvalue weighted by Crippen LogP contribution is 2.20. The van der Waals surface area contributed by atoms with Gasteiger partial charge in [0.2, 0.25) is 10.0 Å². The molecule has 0 atom stereocenters. The van der Waals surface area contributed by atoms with Crippen molar-refractivity contribution in [3.63, 3.8) is 0 Å². The summed E-state index contributed by atoms with van der Waals surface area (Å²) in [4.78, 5) is 0.278. The smallest absolute Gasteiger partial charge is 0.207 e. The Labute approximate surface area is 103 Å². The minimum atomic E-state index is -3.55. The van der Waals surface area contributed by atoms with E-state index in [1.54, 1.807) is 26.0 Å². The third-order valence-electron chi connectivity index (χ3n) is 2.55. The summed E-state index contributed by atoms with van der Waals surface area (Å²) in [5, 5.41) is 8.64. The summed E-state index contributed by atoms with van der Waals surface area (Å²) in [6, 6.07) is 7.06. The Balaban J connectivity index is 3.26. The van der Waals surface area contributed by atoms with E-state index in [1.807, 2.05) is 19.1 Å². The Bertz CT molecular complexity index is 544. The Kier molecular flexibility index (Phi) is 4.27. The van der Waals surface area contributed by atoms with Crippen LogP contribution < -0.4 is 0 Å². The number of hydrogen-bond donors (Lipinski definition) is 0. The second-order valence-electron chi connectivity index (χ2n) is 3.86. The maximum Gasteiger partial charge on any atom is 0.244 e. The molecular weight excluding hydrogens is 236 g/mol. The van der Waals surface area contributed by atoms with Gasteiger partial charge < -0.3 is 0 Å². The number of nitrogens with zero attached hydrogens (tertiary/aromatic N) is 2. The van der Waals surface area contributed by atoms with Gasteiger partial charge in [-0.1, -0.05) is 24.6 Å². The van der Waals surface area contributed by atoms with Gasteiger partial charge in [-0.15, -0.1) is 0 Å². The van der Waals surface area contributed by atoms with Gasteiger partial charge in [-0.2, -0.15) is 9.57 Å². The highest BCUT2D eigenvalue weighted by Gasteiger charge is 2.24. The average Bonchev–Trinajstić information content (AvgIpc) is 2.24. The number of rotatable bonds is 4. The predicted octanol–water partition coefficient (Wildman–Crippen LogP) is 1.84. The van der Waals surface area contributed by atoms with Crippen LogP contribution in [0.2, 0.25) is 0 Å². The number of benzene rings is 1. The van der Waals surface area contributed by atoms with Crippen LogP contribution in [0.5, 0.6) is 0 Å². The number of nitriles is 1. The van der Waals surface area contributed by atoms with Gasteiger partial charge in [0.25, 0.3) is 0 Å². The minimum absolute atomic E-state index is 0.119. The van der Waals surface area contributed by atoms with Crippen molar-refractivity contribution < 1.29 is 8.42 Å². The standard InChI is InChI=1S/C12H16N2O2S/c1-4-14(8-7-13)17(15,16)12-6-5-10(2)9-11(12)3/h5-6,9H,4,8H2,1-3H3. The van der Waals surface area contributed by atoms with Gasteiger partial charge in [0.05, 0.1) is 11.0 Å². The van der Waals surface area contributed by atoms with Crippen LogP contribution in [-0.2, 0) is 10.0 Å². The van der Waals surface area contributed by atoms with Crippen LogP contribution in [0.1, 0.15) is 18.1 Å². The van der Waals surface area contributed by atoms with Crippen molar-refractivity contribution in [1.82, 2.24) is 4.31 Å². The van der Waals surface area contributed by atoms with Gasteiger partial charge in [-0.3, -0.25) is 0 Å². The van der Waals surface area contributed by atoms with Crippen molar-refractivity contribution >= 4 is 10.0 Å². The maximum atomic E-state index is 12.3. The van der Waals surface area contributed by atoms with Crippen molar-refractivity contribution in [3.05, 3.63) is 29.3 Å². The molecule has 1 rings (SSSR count). The lowest BCUT2D eigenvalue weighted by atomic mass is 10.2. The summed E-state index contributed by atoms with van der Waals surface area (Å²) in [6.45, 7) is 5.57. The van der Waals surface area contributed by atoms with Gasteiger partial charge >= 0.3 is 0 Å². The van der Waals surface area contributed by atoms with Gasteiger partial charge in [-0.25, -0.2) is 8.42 Å². The zero-order valence-electron chi connectivity index (χ0n) is 10.3. The molecule has 4 nitrogen and oxygen atoms in total. The van der Waals surface area contributed by atoms with Crippen molar-refractivity contribution in [2.45, 2.75) is 25.7 Å². The molecule has 0 radical (unpaired) electrons. The summed E-state index contributed by atoms with van der Waals surface area (Å²) in [5.41, 5.74) is 1.73. The molecule has 0 unspecified atom stereocenters. The molecule has 0 saturated carbocycles. The van der Waals surface area contributed by atoms with Crippen LogP contribution in [-0.4, -0.2) is 25.8 Å².